The molecular formula is C22H24F2N2O6S. The van der Waals surface area contributed by atoms with E-state index in [-0.39, 0.29) is 36.0 Å². The fraction of sp³-hybridized carbons (Fsp3) is 0.318. The number of nitrogens with zero attached hydrogens (tertiary/aromatic N) is 1. The van der Waals surface area contributed by atoms with Crippen LogP contribution in [0.5, 0.6) is 11.5 Å². The largest absolute Gasteiger partial charge is 0.495 e. The van der Waals surface area contributed by atoms with Gasteiger partial charge in [0.15, 0.2) is 0 Å². The van der Waals surface area contributed by atoms with Gasteiger partial charge in [-0.05, 0) is 41.5 Å². The van der Waals surface area contributed by atoms with Crippen LogP contribution in [0, 0.1) is 0 Å². The molecule has 1 heterocycles. The van der Waals surface area contributed by atoms with Gasteiger partial charge in [0.25, 0.3) is 0 Å². The van der Waals surface area contributed by atoms with Crippen molar-refractivity contribution in [3.8, 4) is 11.5 Å². The van der Waals surface area contributed by atoms with Crippen molar-refractivity contribution in [1.29, 1.82) is 0 Å². The minimum atomic E-state index is -3.79. The lowest BCUT2D eigenvalue weighted by Crippen LogP contribution is -2.40. The van der Waals surface area contributed by atoms with E-state index in [1.807, 2.05) is 0 Å². The van der Waals surface area contributed by atoms with E-state index in [1.54, 1.807) is 18.2 Å². The summed E-state index contributed by atoms with van der Waals surface area (Å²) in [6.07, 6.45) is 2.77. The molecular weight excluding hydrogens is 458 g/mol. The number of alkyl halides is 2. The minimum Gasteiger partial charge on any atom is -0.495 e. The molecule has 1 aliphatic rings. The molecule has 1 amide bonds. The summed E-state index contributed by atoms with van der Waals surface area (Å²) in [4.78, 5) is 12.2. The minimum absolute atomic E-state index is 0.0144. The van der Waals surface area contributed by atoms with Gasteiger partial charge in [0.05, 0.1) is 20.3 Å². The summed E-state index contributed by atoms with van der Waals surface area (Å²) in [5.41, 5.74) is 1.20. The number of amides is 1. The van der Waals surface area contributed by atoms with Gasteiger partial charge in [0.1, 0.15) is 16.4 Å². The number of rotatable bonds is 9. The molecule has 0 unspecified atom stereocenters. The van der Waals surface area contributed by atoms with Gasteiger partial charge in [0, 0.05) is 25.7 Å². The van der Waals surface area contributed by atoms with Crippen molar-refractivity contribution in [2.75, 3.05) is 33.4 Å². The van der Waals surface area contributed by atoms with E-state index in [1.165, 1.54) is 47.8 Å². The van der Waals surface area contributed by atoms with Gasteiger partial charge in [-0.1, -0.05) is 18.2 Å². The number of hydrogen-bond acceptors (Lipinski definition) is 6. The second kappa shape index (κ2) is 11.2. The zero-order valence-electron chi connectivity index (χ0n) is 17.9. The highest BCUT2D eigenvalue weighted by molar-refractivity contribution is 7.89. The van der Waals surface area contributed by atoms with Gasteiger partial charge < -0.3 is 19.5 Å². The Kier molecular flexibility index (Phi) is 8.37. The van der Waals surface area contributed by atoms with Crippen LogP contribution in [0.25, 0.3) is 6.08 Å². The Labute approximate surface area is 190 Å². The van der Waals surface area contributed by atoms with E-state index in [2.05, 4.69) is 10.1 Å². The second-order valence-corrected chi connectivity index (χ2v) is 8.91. The Balaban J connectivity index is 1.65. The first-order valence-electron chi connectivity index (χ1n) is 10.0. The van der Waals surface area contributed by atoms with Crippen LogP contribution < -0.4 is 14.8 Å². The molecule has 0 aliphatic carbocycles. The van der Waals surface area contributed by atoms with Crippen molar-refractivity contribution in [1.82, 2.24) is 9.62 Å². The first kappa shape index (κ1) is 24.6. The van der Waals surface area contributed by atoms with Crippen LogP contribution >= 0.6 is 0 Å². The van der Waals surface area contributed by atoms with Crippen LogP contribution in [-0.4, -0.2) is 58.7 Å². The fourth-order valence-corrected chi connectivity index (χ4v) is 4.73. The van der Waals surface area contributed by atoms with Gasteiger partial charge in [-0.3, -0.25) is 4.79 Å². The van der Waals surface area contributed by atoms with Crippen LogP contribution in [0.15, 0.2) is 53.4 Å². The number of hydrogen-bond donors (Lipinski definition) is 1. The van der Waals surface area contributed by atoms with Crippen molar-refractivity contribution in [3.05, 3.63) is 59.7 Å². The Bertz CT molecular complexity index is 1080. The highest BCUT2D eigenvalue weighted by Crippen LogP contribution is 2.28. The van der Waals surface area contributed by atoms with Crippen molar-refractivity contribution in [2.24, 2.45) is 0 Å². The molecule has 1 saturated heterocycles. The van der Waals surface area contributed by atoms with Gasteiger partial charge in [-0.15, -0.1) is 0 Å². The summed E-state index contributed by atoms with van der Waals surface area (Å²) in [5, 5.41) is 2.67. The van der Waals surface area contributed by atoms with E-state index in [9.17, 15) is 22.0 Å². The van der Waals surface area contributed by atoms with Crippen molar-refractivity contribution >= 4 is 22.0 Å². The molecule has 2 aromatic carbocycles. The second-order valence-electron chi connectivity index (χ2n) is 7.00. The summed E-state index contributed by atoms with van der Waals surface area (Å²) in [6, 6.07) is 10.5. The fourth-order valence-electron chi connectivity index (χ4n) is 3.13. The lowest BCUT2D eigenvalue weighted by atomic mass is 10.2. The number of sulfonamides is 1. The van der Waals surface area contributed by atoms with E-state index in [4.69, 9.17) is 9.47 Å². The van der Waals surface area contributed by atoms with Gasteiger partial charge in [-0.25, -0.2) is 8.42 Å². The third kappa shape index (κ3) is 6.73. The zero-order chi connectivity index (χ0) is 23.8. The third-order valence-corrected chi connectivity index (χ3v) is 6.74. The summed E-state index contributed by atoms with van der Waals surface area (Å²) in [5.74, 6) is -0.166. The Morgan fingerprint density at radius 1 is 1.18 bits per heavy atom. The summed E-state index contributed by atoms with van der Waals surface area (Å²) in [7, 11) is -2.39. The summed E-state index contributed by atoms with van der Waals surface area (Å²) < 4.78 is 66.5. The maximum absolute atomic E-state index is 13.0. The Hall–Kier alpha value is -3.02. The molecule has 0 spiro atoms. The summed E-state index contributed by atoms with van der Waals surface area (Å²) in [6.45, 7) is -1.57. The number of carbonyl (C=O) groups excluding carboxylic acids is 1. The van der Waals surface area contributed by atoms with Crippen LogP contribution in [-0.2, 0) is 26.1 Å². The maximum atomic E-state index is 13.0. The lowest BCUT2D eigenvalue weighted by Gasteiger charge is -2.26. The first-order valence-corrected chi connectivity index (χ1v) is 11.5. The monoisotopic (exact) mass is 482 g/mol. The van der Waals surface area contributed by atoms with E-state index >= 15 is 0 Å². The molecule has 0 saturated carbocycles. The van der Waals surface area contributed by atoms with Crippen molar-refractivity contribution < 1.29 is 36.2 Å². The first-order chi connectivity index (χ1) is 15.8. The smallest absolute Gasteiger partial charge is 0.387 e. The topological polar surface area (TPSA) is 94.2 Å². The summed E-state index contributed by atoms with van der Waals surface area (Å²) >= 11 is 0. The van der Waals surface area contributed by atoms with Gasteiger partial charge >= 0.3 is 6.61 Å². The molecule has 2 aromatic rings. The van der Waals surface area contributed by atoms with Crippen LogP contribution in [0.2, 0.25) is 0 Å². The average molecular weight is 483 g/mol. The van der Waals surface area contributed by atoms with E-state index in [0.717, 1.165) is 0 Å². The number of halogens is 2. The molecule has 178 valence electrons. The number of morpholine rings is 1. The molecule has 0 bridgehead atoms. The highest BCUT2D eigenvalue weighted by atomic mass is 32.2. The number of nitrogens with one attached hydrogen (secondary N) is 1. The number of methoxy groups -OCH3 is 1. The van der Waals surface area contributed by atoms with Gasteiger partial charge in [-0.2, -0.15) is 13.1 Å². The quantitative estimate of drug-likeness (QED) is 0.553. The normalized spacial score (nSPS) is 15.0. The molecule has 33 heavy (non-hydrogen) atoms. The lowest BCUT2D eigenvalue weighted by molar-refractivity contribution is -0.116. The number of ether oxygens (including phenoxy) is 3. The van der Waals surface area contributed by atoms with Crippen LogP contribution in [0.3, 0.4) is 0 Å². The standard InChI is InChI=1S/C22H24F2N2O6S/c1-30-19-8-4-16(14-20(19)33(28,29)26-10-12-31-13-11-26)5-9-21(27)25-15-17-2-6-18(7-3-17)32-22(23)24/h2-9,14,22H,10-13,15H2,1H3,(H,25,27)/b9-5+. The zero-order valence-corrected chi connectivity index (χ0v) is 18.7. The highest BCUT2D eigenvalue weighted by Gasteiger charge is 2.29. The van der Waals surface area contributed by atoms with E-state index in [0.29, 0.717) is 24.3 Å². The molecule has 11 heteroatoms. The Morgan fingerprint density at radius 2 is 1.88 bits per heavy atom. The maximum Gasteiger partial charge on any atom is 0.387 e. The van der Waals surface area contributed by atoms with E-state index < -0.39 is 22.5 Å². The van der Waals surface area contributed by atoms with Crippen LogP contribution in [0.4, 0.5) is 8.78 Å². The molecule has 3 rings (SSSR count). The Morgan fingerprint density at radius 3 is 2.52 bits per heavy atom. The molecule has 0 radical (unpaired) electrons. The number of carbonyl (C=O) groups is 1. The van der Waals surface area contributed by atoms with Crippen molar-refractivity contribution in [2.45, 2.75) is 18.1 Å². The molecule has 0 atom stereocenters. The van der Waals surface area contributed by atoms with Crippen LogP contribution in [0.1, 0.15) is 11.1 Å². The predicted molar refractivity (Wildman–Crippen MR) is 117 cm³/mol. The molecule has 1 fully saturated rings. The van der Waals surface area contributed by atoms with Crippen molar-refractivity contribution in [3.63, 3.8) is 0 Å². The van der Waals surface area contributed by atoms with Gasteiger partial charge in [0.2, 0.25) is 15.9 Å². The molecule has 0 aromatic heterocycles. The molecule has 1 aliphatic heterocycles. The molecule has 1 N–H and O–H groups in total. The molecule has 8 nitrogen and oxygen atoms in total. The average Bonchev–Trinajstić information content (AvgIpc) is 2.82. The SMILES string of the molecule is COc1ccc(/C=C/C(=O)NCc2ccc(OC(F)F)cc2)cc1S(=O)(=O)N1CCOCC1. The predicted octanol–water partition coefficient (Wildman–Crippen LogP) is 2.65. The number of benzene rings is 2. The third-order valence-electron chi connectivity index (χ3n) is 4.82.